The number of carbonyl (C=O) groups excluding carboxylic acids is 4. The zero-order chi connectivity index (χ0) is 27.4. The van der Waals surface area contributed by atoms with Crippen LogP contribution in [0, 0.1) is 11.8 Å². The molecule has 1 aromatic heterocycles. The van der Waals surface area contributed by atoms with Crippen LogP contribution in [0.2, 0.25) is 0 Å². The third-order valence-electron chi connectivity index (χ3n) is 5.31. The molecular weight excluding hydrogens is 470 g/mol. The van der Waals surface area contributed by atoms with Crippen LogP contribution in [0.4, 0.5) is 0 Å². The molecule has 4 amide bonds. The molecule has 0 radical (unpaired) electrons. The molecule has 0 aliphatic carbocycles. The Bertz CT molecular complexity index is 888. The molecule has 0 fully saturated rings. The predicted octanol–water partition coefficient (Wildman–Crippen LogP) is -0.824. The summed E-state index contributed by atoms with van der Waals surface area (Å²) in [5, 5.41) is 17.1. The van der Waals surface area contributed by atoms with Crippen molar-refractivity contribution in [3.05, 3.63) is 18.2 Å². The van der Waals surface area contributed by atoms with Crippen LogP contribution in [0.1, 0.15) is 59.1 Å². The highest BCUT2D eigenvalue weighted by molar-refractivity contribution is 5.94. The van der Waals surface area contributed by atoms with Gasteiger partial charge in [-0.3, -0.25) is 19.2 Å². The zero-order valence-electron chi connectivity index (χ0n) is 21.2. The number of amides is 4. The van der Waals surface area contributed by atoms with Crippen molar-refractivity contribution in [2.45, 2.75) is 84.0 Å². The number of hydrogen-bond acceptors (Lipinski definition) is 7. The van der Waals surface area contributed by atoms with E-state index < -0.39 is 53.8 Å². The lowest BCUT2D eigenvalue weighted by Gasteiger charge is -2.26. The fourth-order valence-electron chi connectivity index (χ4n) is 3.51. The van der Waals surface area contributed by atoms with Gasteiger partial charge in [0, 0.05) is 24.7 Å². The van der Waals surface area contributed by atoms with E-state index >= 15 is 0 Å². The fraction of sp³-hybridized carbons (Fsp3) is 0.652. The van der Waals surface area contributed by atoms with Gasteiger partial charge in [0.2, 0.25) is 23.6 Å². The number of carbonyl (C=O) groups is 5. The first-order chi connectivity index (χ1) is 16.8. The second kappa shape index (κ2) is 14.8. The van der Waals surface area contributed by atoms with E-state index in [4.69, 9.17) is 11.5 Å². The van der Waals surface area contributed by atoms with Gasteiger partial charge in [-0.15, -0.1) is 0 Å². The highest BCUT2D eigenvalue weighted by atomic mass is 16.4. The Labute approximate surface area is 210 Å². The molecule has 0 spiro atoms. The van der Waals surface area contributed by atoms with E-state index in [0.717, 1.165) is 0 Å². The maximum atomic E-state index is 13.1. The van der Waals surface area contributed by atoms with Crippen molar-refractivity contribution in [1.82, 2.24) is 25.9 Å². The molecule has 0 saturated heterocycles. The molecule has 202 valence electrons. The number of hydrogen-bond donors (Lipinski definition) is 7. The first-order valence-corrected chi connectivity index (χ1v) is 11.9. The van der Waals surface area contributed by atoms with Gasteiger partial charge in [0.1, 0.15) is 18.1 Å². The lowest BCUT2D eigenvalue weighted by molar-refractivity contribution is -0.142. The minimum absolute atomic E-state index is 0.0195. The molecule has 0 aromatic carbocycles. The fourth-order valence-corrected chi connectivity index (χ4v) is 3.51. The summed E-state index contributed by atoms with van der Waals surface area (Å²) in [4.78, 5) is 68.2. The Balaban J connectivity index is 3.01. The van der Waals surface area contributed by atoms with Crippen molar-refractivity contribution in [2.75, 3.05) is 0 Å². The van der Waals surface area contributed by atoms with Crippen LogP contribution >= 0.6 is 0 Å². The number of H-pyrrole nitrogens is 1. The molecule has 0 aliphatic rings. The van der Waals surface area contributed by atoms with Crippen LogP contribution in [0.25, 0.3) is 0 Å². The molecule has 36 heavy (non-hydrogen) atoms. The predicted molar refractivity (Wildman–Crippen MR) is 131 cm³/mol. The number of rotatable bonds is 16. The van der Waals surface area contributed by atoms with E-state index in [1.165, 1.54) is 12.5 Å². The molecule has 13 heteroatoms. The monoisotopic (exact) mass is 509 g/mol. The average molecular weight is 510 g/mol. The van der Waals surface area contributed by atoms with Crippen molar-refractivity contribution in [3.8, 4) is 0 Å². The van der Waals surface area contributed by atoms with E-state index in [-0.39, 0.29) is 37.5 Å². The molecule has 1 aromatic rings. The topological polar surface area (TPSA) is 222 Å². The van der Waals surface area contributed by atoms with Crippen LogP contribution in [0.3, 0.4) is 0 Å². The van der Waals surface area contributed by atoms with E-state index in [9.17, 15) is 29.1 Å². The normalized spacial score (nSPS) is 14.5. The highest BCUT2D eigenvalue weighted by Gasteiger charge is 2.31. The molecule has 0 aliphatic heterocycles. The Morgan fingerprint density at radius 1 is 0.917 bits per heavy atom. The number of carboxylic acid groups (broad SMARTS) is 1. The number of nitrogens with two attached hydrogens (primary N) is 2. The summed E-state index contributed by atoms with van der Waals surface area (Å²) in [6.07, 6.45) is 3.05. The summed E-state index contributed by atoms with van der Waals surface area (Å²) in [7, 11) is 0. The first-order valence-electron chi connectivity index (χ1n) is 11.9. The highest BCUT2D eigenvalue weighted by Crippen LogP contribution is 2.09. The van der Waals surface area contributed by atoms with Crippen LogP contribution in [0.5, 0.6) is 0 Å². The van der Waals surface area contributed by atoms with Crippen LogP contribution in [-0.2, 0) is 30.4 Å². The molecule has 4 unspecified atom stereocenters. The lowest BCUT2D eigenvalue weighted by Crippen LogP contribution is -2.57. The van der Waals surface area contributed by atoms with Gasteiger partial charge in [-0.2, -0.15) is 0 Å². The largest absolute Gasteiger partial charge is 0.480 e. The van der Waals surface area contributed by atoms with Gasteiger partial charge >= 0.3 is 5.97 Å². The molecular formula is C23H39N7O6. The number of imidazole rings is 1. The summed E-state index contributed by atoms with van der Waals surface area (Å²) < 4.78 is 0. The van der Waals surface area contributed by atoms with Crippen LogP contribution < -0.4 is 27.4 Å². The van der Waals surface area contributed by atoms with Gasteiger partial charge in [-0.05, 0) is 31.1 Å². The smallest absolute Gasteiger partial charge is 0.326 e. The molecule has 1 rings (SSSR count). The van der Waals surface area contributed by atoms with Gasteiger partial charge in [-0.1, -0.05) is 27.7 Å². The third kappa shape index (κ3) is 11.3. The van der Waals surface area contributed by atoms with Gasteiger partial charge in [0.05, 0.1) is 12.4 Å². The summed E-state index contributed by atoms with van der Waals surface area (Å²) >= 11 is 0. The number of aromatic nitrogens is 2. The number of nitrogens with one attached hydrogen (secondary N) is 4. The molecule has 1 heterocycles. The quantitative estimate of drug-likeness (QED) is 0.149. The van der Waals surface area contributed by atoms with Gasteiger partial charge in [0.15, 0.2) is 0 Å². The lowest BCUT2D eigenvalue weighted by atomic mass is 10.00. The summed E-state index contributed by atoms with van der Waals surface area (Å²) in [5.41, 5.74) is 11.6. The Hall–Kier alpha value is -3.48. The maximum absolute atomic E-state index is 13.1. The average Bonchev–Trinajstić information content (AvgIpc) is 3.27. The first kappa shape index (κ1) is 30.6. The molecule has 13 nitrogen and oxygen atoms in total. The molecule has 9 N–H and O–H groups in total. The van der Waals surface area contributed by atoms with E-state index in [1.54, 1.807) is 0 Å². The SMILES string of the molecule is CC(C)CC(N)C(=O)NC(CC(C)C)C(=O)NC(CCC(N)=O)C(=O)NC(Cc1cnc[nH]1)C(=O)O. The number of nitrogens with zero attached hydrogens (tertiary/aromatic N) is 1. The number of aliphatic carboxylic acids is 1. The zero-order valence-corrected chi connectivity index (χ0v) is 21.2. The minimum Gasteiger partial charge on any atom is -0.480 e. The summed E-state index contributed by atoms with van der Waals surface area (Å²) in [6, 6.07) is -4.37. The van der Waals surface area contributed by atoms with Gasteiger partial charge in [0.25, 0.3) is 0 Å². The van der Waals surface area contributed by atoms with Crippen molar-refractivity contribution < 1.29 is 29.1 Å². The summed E-state index contributed by atoms with van der Waals surface area (Å²) in [6.45, 7) is 7.57. The summed E-state index contributed by atoms with van der Waals surface area (Å²) in [5.74, 6) is -3.74. The van der Waals surface area contributed by atoms with E-state index in [1.807, 2.05) is 27.7 Å². The van der Waals surface area contributed by atoms with Crippen molar-refractivity contribution in [2.24, 2.45) is 23.3 Å². The molecule has 4 atom stereocenters. The van der Waals surface area contributed by atoms with Gasteiger partial charge < -0.3 is 37.5 Å². The second-order valence-electron chi connectivity index (χ2n) is 9.67. The second-order valence-corrected chi connectivity index (χ2v) is 9.67. The van der Waals surface area contributed by atoms with E-state index in [2.05, 4.69) is 25.9 Å². The maximum Gasteiger partial charge on any atom is 0.326 e. The van der Waals surface area contributed by atoms with Crippen molar-refractivity contribution >= 4 is 29.6 Å². The van der Waals surface area contributed by atoms with E-state index in [0.29, 0.717) is 12.1 Å². The molecule has 0 bridgehead atoms. The van der Waals surface area contributed by atoms with Crippen molar-refractivity contribution in [3.63, 3.8) is 0 Å². The van der Waals surface area contributed by atoms with Crippen molar-refractivity contribution in [1.29, 1.82) is 0 Å². The Morgan fingerprint density at radius 2 is 1.47 bits per heavy atom. The number of carboxylic acids is 1. The minimum atomic E-state index is -1.31. The Morgan fingerprint density at radius 3 is 1.97 bits per heavy atom. The molecule has 0 saturated carbocycles. The third-order valence-corrected chi connectivity index (χ3v) is 5.31. The number of aromatic amines is 1. The van der Waals surface area contributed by atoms with Crippen LogP contribution in [0.15, 0.2) is 12.5 Å². The standard InChI is InChI=1S/C23H39N7O6/c1-12(2)7-15(24)20(32)29-17(8-13(3)4)22(34)28-16(5-6-19(25)31)21(33)30-18(23(35)36)9-14-10-26-11-27-14/h10-13,15-18H,5-9,24H2,1-4H3,(H2,25,31)(H,26,27)(H,28,34)(H,29,32)(H,30,33)(H,35,36). The van der Waals surface area contributed by atoms with Gasteiger partial charge in [-0.25, -0.2) is 9.78 Å². The van der Waals surface area contributed by atoms with Crippen LogP contribution in [-0.4, -0.2) is 68.8 Å². The Kier molecular flexibility index (Phi) is 12.6. The number of primary amides is 1.